The normalized spacial score (nSPS) is 10.9. The van der Waals surface area contributed by atoms with Gasteiger partial charge in [-0.25, -0.2) is 8.42 Å². The van der Waals surface area contributed by atoms with Crippen LogP contribution in [-0.2, 0) is 16.3 Å². The summed E-state index contributed by atoms with van der Waals surface area (Å²) in [6.45, 7) is 0. The third-order valence-corrected chi connectivity index (χ3v) is 4.30. The molecule has 21 heavy (non-hydrogen) atoms. The van der Waals surface area contributed by atoms with Crippen LogP contribution in [0.25, 0.3) is 11.1 Å². The van der Waals surface area contributed by atoms with Crippen molar-refractivity contribution in [3.63, 3.8) is 0 Å². The van der Waals surface area contributed by atoms with E-state index in [0.717, 1.165) is 16.7 Å². The molecule has 2 rings (SSSR count). The highest BCUT2D eigenvalue weighted by molar-refractivity contribution is 7.90. The fraction of sp³-hybridized carbons (Fsp3) is 0.188. The molecule has 0 N–H and O–H groups in total. The molecule has 108 valence electrons. The van der Waals surface area contributed by atoms with Crippen LogP contribution in [-0.4, -0.2) is 21.8 Å². The van der Waals surface area contributed by atoms with Gasteiger partial charge in [-0.05, 0) is 29.3 Å². The number of methoxy groups -OCH3 is 1. The minimum atomic E-state index is -3.19. The summed E-state index contributed by atoms with van der Waals surface area (Å²) in [5.74, 6) is 0.654. The summed E-state index contributed by atoms with van der Waals surface area (Å²) < 4.78 is 28.2. The lowest BCUT2D eigenvalue weighted by atomic mass is 10.0. The van der Waals surface area contributed by atoms with Gasteiger partial charge in [0.05, 0.1) is 24.5 Å². The van der Waals surface area contributed by atoms with E-state index in [1.807, 2.05) is 18.2 Å². The van der Waals surface area contributed by atoms with Crippen LogP contribution in [0.4, 0.5) is 0 Å². The highest BCUT2D eigenvalue weighted by atomic mass is 32.2. The average molecular weight is 301 g/mol. The van der Waals surface area contributed by atoms with Gasteiger partial charge in [-0.3, -0.25) is 0 Å². The first-order valence-corrected chi connectivity index (χ1v) is 8.19. The SMILES string of the molecule is COc1cc(-c2ccc(S(C)(=O)=O)cc2)ccc1CC#N. The van der Waals surface area contributed by atoms with Gasteiger partial charge >= 0.3 is 0 Å². The Hall–Kier alpha value is -2.32. The zero-order valence-corrected chi connectivity index (χ0v) is 12.6. The van der Waals surface area contributed by atoms with E-state index < -0.39 is 9.84 Å². The largest absolute Gasteiger partial charge is 0.496 e. The van der Waals surface area contributed by atoms with Gasteiger partial charge in [0.25, 0.3) is 0 Å². The molecule has 4 nitrogen and oxygen atoms in total. The number of sulfone groups is 1. The maximum absolute atomic E-state index is 11.4. The molecule has 0 amide bonds. The van der Waals surface area contributed by atoms with E-state index in [1.54, 1.807) is 31.4 Å². The molecule has 0 fully saturated rings. The standard InChI is InChI=1S/C16H15NO3S/c1-20-16-11-14(4-3-13(16)9-10-17)12-5-7-15(8-6-12)21(2,18)19/h3-8,11H,9H2,1-2H3. The lowest BCUT2D eigenvalue weighted by Gasteiger charge is -2.09. The molecule has 0 heterocycles. The second kappa shape index (κ2) is 5.98. The molecule has 0 aliphatic carbocycles. The van der Waals surface area contributed by atoms with Gasteiger partial charge in [-0.2, -0.15) is 5.26 Å². The number of hydrogen-bond donors (Lipinski definition) is 0. The fourth-order valence-corrected chi connectivity index (χ4v) is 2.68. The molecule has 0 radical (unpaired) electrons. The van der Waals surface area contributed by atoms with Crippen LogP contribution in [0.5, 0.6) is 5.75 Å². The van der Waals surface area contributed by atoms with Gasteiger partial charge in [0.1, 0.15) is 5.75 Å². The molecule has 0 aliphatic rings. The van der Waals surface area contributed by atoms with Crippen molar-refractivity contribution in [3.8, 4) is 22.9 Å². The van der Waals surface area contributed by atoms with E-state index in [1.165, 1.54) is 6.26 Å². The van der Waals surface area contributed by atoms with Crippen molar-refractivity contribution >= 4 is 9.84 Å². The highest BCUT2D eigenvalue weighted by Gasteiger charge is 2.09. The van der Waals surface area contributed by atoms with Gasteiger partial charge in [0.2, 0.25) is 0 Å². The van der Waals surface area contributed by atoms with Crippen molar-refractivity contribution in [2.75, 3.05) is 13.4 Å². The van der Waals surface area contributed by atoms with E-state index in [9.17, 15) is 8.42 Å². The van der Waals surface area contributed by atoms with Gasteiger partial charge in [0, 0.05) is 11.8 Å². The van der Waals surface area contributed by atoms with Crippen LogP contribution in [0, 0.1) is 11.3 Å². The van der Waals surface area contributed by atoms with E-state index in [0.29, 0.717) is 10.6 Å². The van der Waals surface area contributed by atoms with Gasteiger partial charge in [-0.15, -0.1) is 0 Å². The van der Waals surface area contributed by atoms with Gasteiger partial charge < -0.3 is 4.74 Å². The first-order valence-electron chi connectivity index (χ1n) is 6.30. The molecule has 0 spiro atoms. The highest BCUT2D eigenvalue weighted by Crippen LogP contribution is 2.28. The van der Waals surface area contributed by atoms with Crippen LogP contribution in [0.2, 0.25) is 0 Å². The van der Waals surface area contributed by atoms with Crippen LogP contribution >= 0.6 is 0 Å². The monoisotopic (exact) mass is 301 g/mol. The third-order valence-electron chi connectivity index (χ3n) is 3.17. The quantitative estimate of drug-likeness (QED) is 0.871. The van der Waals surface area contributed by atoms with E-state index in [-0.39, 0.29) is 6.42 Å². The summed E-state index contributed by atoms with van der Waals surface area (Å²) >= 11 is 0. The zero-order valence-electron chi connectivity index (χ0n) is 11.8. The van der Waals surface area contributed by atoms with Crippen molar-refractivity contribution < 1.29 is 13.2 Å². The van der Waals surface area contributed by atoms with Crippen molar-refractivity contribution in [1.82, 2.24) is 0 Å². The Balaban J connectivity index is 2.41. The number of hydrogen-bond acceptors (Lipinski definition) is 4. The average Bonchev–Trinajstić information content (AvgIpc) is 2.47. The molecular weight excluding hydrogens is 286 g/mol. The number of benzene rings is 2. The van der Waals surface area contributed by atoms with Crippen molar-refractivity contribution in [3.05, 3.63) is 48.0 Å². The van der Waals surface area contributed by atoms with Gasteiger partial charge in [0.15, 0.2) is 9.84 Å². The predicted molar refractivity (Wildman–Crippen MR) is 80.9 cm³/mol. The molecule has 2 aromatic carbocycles. The Labute approximate surface area is 124 Å². The third kappa shape index (κ3) is 3.41. The van der Waals surface area contributed by atoms with E-state index >= 15 is 0 Å². The second-order valence-electron chi connectivity index (χ2n) is 4.66. The maximum Gasteiger partial charge on any atom is 0.175 e. The molecule has 0 saturated heterocycles. The predicted octanol–water partition coefficient (Wildman–Crippen LogP) is 2.83. The lowest BCUT2D eigenvalue weighted by Crippen LogP contribution is -1.96. The maximum atomic E-state index is 11.4. The first-order chi connectivity index (χ1) is 9.95. The number of nitriles is 1. The lowest BCUT2D eigenvalue weighted by molar-refractivity contribution is 0.411. The van der Waals surface area contributed by atoms with Crippen LogP contribution in [0.3, 0.4) is 0 Å². The van der Waals surface area contributed by atoms with Crippen molar-refractivity contribution in [2.24, 2.45) is 0 Å². The van der Waals surface area contributed by atoms with E-state index in [2.05, 4.69) is 6.07 Å². The molecule has 0 aliphatic heterocycles. The summed E-state index contributed by atoms with van der Waals surface area (Å²) in [6.07, 6.45) is 1.47. The number of rotatable bonds is 4. The smallest absolute Gasteiger partial charge is 0.175 e. The van der Waals surface area contributed by atoms with E-state index in [4.69, 9.17) is 10.00 Å². The molecule has 0 bridgehead atoms. The number of nitrogens with zero attached hydrogens (tertiary/aromatic N) is 1. The Morgan fingerprint density at radius 2 is 1.71 bits per heavy atom. The summed E-state index contributed by atoms with van der Waals surface area (Å²) in [5, 5.41) is 8.77. The Kier molecular flexibility index (Phi) is 4.29. The molecular formula is C16H15NO3S. The molecule has 0 atom stereocenters. The Bertz CT molecular complexity index is 787. The molecule has 0 saturated carbocycles. The summed E-state index contributed by atoms with van der Waals surface area (Å²) in [6, 6.07) is 14.4. The molecule has 0 aromatic heterocycles. The fourth-order valence-electron chi connectivity index (χ4n) is 2.05. The molecule has 5 heteroatoms. The summed E-state index contributed by atoms with van der Waals surface area (Å²) in [4.78, 5) is 0.291. The van der Waals surface area contributed by atoms with Crippen LogP contribution in [0.1, 0.15) is 5.56 Å². The van der Waals surface area contributed by atoms with Crippen molar-refractivity contribution in [1.29, 1.82) is 5.26 Å². The van der Waals surface area contributed by atoms with Crippen LogP contribution < -0.4 is 4.74 Å². The number of ether oxygens (including phenoxy) is 1. The van der Waals surface area contributed by atoms with Gasteiger partial charge in [-0.1, -0.05) is 24.3 Å². The topological polar surface area (TPSA) is 67.2 Å². The first kappa shape index (κ1) is 15.1. The minimum absolute atomic E-state index is 0.288. The summed E-state index contributed by atoms with van der Waals surface area (Å²) in [7, 11) is -1.63. The molecule has 2 aromatic rings. The van der Waals surface area contributed by atoms with Crippen molar-refractivity contribution in [2.45, 2.75) is 11.3 Å². The Morgan fingerprint density at radius 1 is 1.10 bits per heavy atom. The molecule has 0 unspecified atom stereocenters. The minimum Gasteiger partial charge on any atom is -0.496 e. The Morgan fingerprint density at radius 3 is 2.24 bits per heavy atom. The van der Waals surface area contributed by atoms with Crippen LogP contribution in [0.15, 0.2) is 47.4 Å². The second-order valence-corrected chi connectivity index (χ2v) is 6.67. The zero-order chi connectivity index (χ0) is 15.5. The summed E-state index contributed by atoms with van der Waals surface area (Å²) in [5.41, 5.74) is 2.63.